The fraction of sp³-hybridized carbons (Fsp3) is 0.667. The number of carbonyl (C=O) groups excluding carboxylic acids is 1. The molecule has 1 unspecified atom stereocenters. The number of aryl methyl sites for hydroxylation is 1. The molecule has 96 valence electrons. The van der Waals surface area contributed by atoms with Gasteiger partial charge in [0, 0.05) is 24.7 Å². The molecule has 0 radical (unpaired) electrons. The first kappa shape index (κ1) is 14.1. The molecule has 0 saturated heterocycles. The predicted octanol–water partition coefficient (Wildman–Crippen LogP) is 1.83. The molecule has 17 heavy (non-hydrogen) atoms. The highest BCUT2D eigenvalue weighted by molar-refractivity contribution is 7.11. The van der Waals surface area contributed by atoms with Gasteiger partial charge in [-0.25, -0.2) is 4.98 Å². The summed E-state index contributed by atoms with van der Waals surface area (Å²) < 4.78 is 0. The van der Waals surface area contributed by atoms with E-state index in [1.807, 2.05) is 27.1 Å². The van der Waals surface area contributed by atoms with Crippen LogP contribution in [0.15, 0.2) is 6.20 Å². The van der Waals surface area contributed by atoms with Crippen LogP contribution in [0.3, 0.4) is 0 Å². The van der Waals surface area contributed by atoms with E-state index in [2.05, 4.69) is 17.2 Å². The molecule has 1 N–H and O–H groups in total. The number of likely N-dealkylation sites (N-methyl/N-ethyl adjacent to an activating group) is 1. The Bertz CT molecular complexity index is 364. The van der Waals surface area contributed by atoms with Crippen LogP contribution in [0.2, 0.25) is 0 Å². The van der Waals surface area contributed by atoms with Gasteiger partial charge in [0.2, 0.25) is 5.91 Å². The van der Waals surface area contributed by atoms with Crippen LogP contribution in [0.5, 0.6) is 0 Å². The lowest BCUT2D eigenvalue weighted by molar-refractivity contribution is -0.128. The van der Waals surface area contributed by atoms with Crippen molar-refractivity contribution >= 4 is 17.2 Å². The van der Waals surface area contributed by atoms with E-state index in [1.54, 1.807) is 16.2 Å². The molecule has 0 aliphatic carbocycles. The average Bonchev–Trinajstić information content (AvgIpc) is 2.83. The van der Waals surface area contributed by atoms with Crippen molar-refractivity contribution in [1.82, 2.24) is 15.2 Å². The first-order valence-corrected chi connectivity index (χ1v) is 6.82. The zero-order chi connectivity index (χ0) is 12.8. The number of carbonyl (C=O) groups is 1. The third-order valence-electron chi connectivity index (χ3n) is 2.75. The number of nitrogens with one attached hydrogen (secondary N) is 1. The molecule has 0 spiro atoms. The number of rotatable bonds is 6. The second-order valence-corrected chi connectivity index (χ2v) is 5.18. The molecule has 1 aromatic rings. The van der Waals surface area contributed by atoms with Crippen molar-refractivity contribution in [1.29, 1.82) is 0 Å². The normalized spacial score (nSPS) is 12.5. The van der Waals surface area contributed by atoms with Crippen molar-refractivity contribution in [2.45, 2.75) is 33.2 Å². The quantitative estimate of drug-likeness (QED) is 0.843. The Morgan fingerprint density at radius 1 is 1.59 bits per heavy atom. The highest BCUT2D eigenvalue weighted by Gasteiger charge is 2.12. The first-order valence-electron chi connectivity index (χ1n) is 6.00. The van der Waals surface area contributed by atoms with E-state index in [1.165, 1.54) is 4.88 Å². The van der Waals surface area contributed by atoms with Crippen LogP contribution < -0.4 is 5.32 Å². The van der Waals surface area contributed by atoms with Gasteiger partial charge in [-0.2, -0.15) is 0 Å². The van der Waals surface area contributed by atoms with E-state index in [-0.39, 0.29) is 11.9 Å². The van der Waals surface area contributed by atoms with Crippen LogP contribution in [0.25, 0.3) is 0 Å². The van der Waals surface area contributed by atoms with Gasteiger partial charge in [-0.05, 0) is 20.3 Å². The molecule has 1 rings (SSSR count). The molecular weight excluding hydrogens is 234 g/mol. The summed E-state index contributed by atoms with van der Waals surface area (Å²) in [6.45, 7) is 7.24. The number of hydrogen-bond acceptors (Lipinski definition) is 4. The summed E-state index contributed by atoms with van der Waals surface area (Å²) in [7, 11) is 1.81. The molecule has 5 heteroatoms. The summed E-state index contributed by atoms with van der Waals surface area (Å²) in [5.74, 6) is 0.117. The molecule has 1 atom stereocenters. The van der Waals surface area contributed by atoms with Crippen LogP contribution in [0.4, 0.5) is 0 Å². The summed E-state index contributed by atoms with van der Waals surface area (Å²) in [6, 6.07) is 0.134. The SMILES string of the molecule is CCc1cnc(C(C)NCC(=O)N(C)CC)s1. The third kappa shape index (κ3) is 4.09. The molecule has 0 aliphatic heterocycles. The van der Waals surface area contributed by atoms with Gasteiger partial charge in [-0.3, -0.25) is 10.1 Å². The highest BCUT2D eigenvalue weighted by atomic mass is 32.1. The Labute approximate surface area is 107 Å². The molecule has 4 nitrogen and oxygen atoms in total. The molecule has 0 aromatic carbocycles. The topological polar surface area (TPSA) is 45.2 Å². The minimum absolute atomic E-state index is 0.117. The number of aromatic nitrogens is 1. The summed E-state index contributed by atoms with van der Waals surface area (Å²) in [6.07, 6.45) is 2.93. The van der Waals surface area contributed by atoms with Gasteiger partial charge in [0.05, 0.1) is 12.6 Å². The second kappa shape index (κ2) is 6.71. The fourth-order valence-electron chi connectivity index (χ4n) is 1.33. The number of thiazole rings is 1. The van der Waals surface area contributed by atoms with Crippen LogP contribution >= 0.6 is 11.3 Å². The van der Waals surface area contributed by atoms with Crippen molar-refractivity contribution in [3.8, 4) is 0 Å². The lowest BCUT2D eigenvalue weighted by Crippen LogP contribution is -2.36. The minimum Gasteiger partial charge on any atom is -0.345 e. The van der Waals surface area contributed by atoms with Gasteiger partial charge >= 0.3 is 0 Å². The van der Waals surface area contributed by atoms with Crippen molar-refractivity contribution < 1.29 is 4.79 Å². The van der Waals surface area contributed by atoms with Gasteiger partial charge in [-0.1, -0.05) is 6.92 Å². The Hall–Kier alpha value is -0.940. The Morgan fingerprint density at radius 3 is 2.82 bits per heavy atom. The minimum atomic E-state index is 0.117. The standard InChI is InChI=1S/C12H21N3OS/c1-5-10-7-14-12(17-10)9(3)13-8-11(16)15(4)6-2/h7,9,13H,5-6,8H2,1-4H3. The van der Waals surface area contributed by atoms with Crippen molar-refractivity contribution in [2.24, 2.45) is 0 Å². The van der Waals surface area contributed by atoms with E-state index in [9.17, 15) is 4.79 Å². The van der Waals surface area contributed by atoms with Crippen molar-refractivity contribution in [2.75, 3.05) is 20.1 Å². The highest BCUT2D eigenvalue weighted by Crippen LogP contribution is 2.19. The van der Waals surface area contributed by atoms with Crippen molar-refractivity contribution in [3.63, 3.8) is 0 Å². The first-order chi connectivity index (χ1) is 8.08. The predicted molar refractivity (Wildman–Crippen MR) is 71.2 cm³/mol. The molecule has 1 amide bonds. The maximum atomic E-state index is 11.6. The van der Waals surface area contributed by atoms with E-state index < -0.39 is 0 Å². The van der Waals surface area contributed by atoms with E-state index in [0.717, 1.165) is 18.0 Å². The van der Waals surface area contributed by atoms with Crippen LogP contribution in [-0.4, -0.2) is 35.9 Å². The number of nitrogens with zero attached hydrogens (tertiary/aromatic N) is 2. The maximum absolute atomic E-state index is 11.6. The molecule has 0 aliphatic rings. The molecule has 0 fully saturated rings. The van der Waals surface area contributed by atoms with Crippen LogP contribution in [-0.2, 0) is 11.2 Å². The summed E-state index contributed by atoms with van der Waals surface area (Å²) in [5, 5.41) is 4.26. The average molecular weight is 255 g/mol. The molecule has 0 bridgehead atoms. The summed E-state index contributed by atoms with van der Waals surface area (Å²) in [5.41, 5.74) is 0. The Morgan fingerprint density at radius 2 is 2.29 bits per heavy atom. The van der Waals surface area contributed by atoms with Gasteiger partial charge in [0.15, 0.2) is 0 Å². The van der Waals surface area contributed by atoms with Crippen LogP contribution in [0.1, 0.15) is 36.7 Å². The van der Waals surface area contributed by atoms with Crippen LogP contribution in [0, 0.1) is 0 Å². The lowest BCUT2D eigenvalue weighted by Gasteiger charge is -2.16. The number of hydrogen-bond donors (Lipinski definition) is 1. The lowest BCUT2D eigenvalue weighted by atomic mass is 10.3. The Balaban J connectivity index is 2.44. The van der Waals surface area contributed by atoms with Gasteiger partial charge < -0.3 is 4.90 Å². The second-order valence-electron chi connectivity index (χ2n) is 4.03. The molecule has 0 saturated carbocycles. The van der Waals surface area contributed by atoms with E-state index >= 15 is 0 Å². The van der Waals surface area contributed by atoms with Gasteiger partial charge in [0.25, 0.3) is 0 Å². The maximum Gasteiger partial charge on any atom is 0.236 e. The van der Waals surface area contributed by atoms with Gasteiger partial charge in [-0.15, -0.1) is 11.3 Å². The fourth-order valence-corrected chi connectivity index (χ4v) is 2.21. The monoisotopic (exact) mass is 255 g/mol. The molecule has 1 heterocycles. The van der Waals surface area contributed by atoms with E-state index in [4.69, 9.17) is 0 Å². The number of amides is 1. The van der Waals surface area contributed by atoms with Crippen molar-refractivity contribution in [3.05, 3.63) is 16.1 Å². The Kier molecular flexibility index (Phi) is 5.58. The smallest absolute Gasteiger partial charge is 0.236 e. The summed E-state index contributed by atoms with van der Waals surface area (Å²) >= 11 is 1.71. The zero-order valence-corrected chi connectivity index (χ0v) is 11.8. The van der Waals surface area contributed by atoms with Gasteiger partial charge in [0.1, 0.15) is 5.01 Å². The molecular formula is C12H21N3OS. The zero-order valence-electron chi connectivity index (χ0n) is 11.0. The largest absolute Gasteiger partial charge is 0.345 e. The van der Waals surface area contributed by atoms with E-state index in [0.29, 0.717) is 6.54 Å². The molecule has 1 aromatic heterocycles. The summed E-state index contributed by atoms with van der Waals surface area (Å²) in [4.78, 5) is 19.0. The third-order valence-corrected chi connectivity index (χ3v) is 4.07.